The number of carbonyl (C=O) groups is 2. The van der Waals surface area contributed by atoms with Crippen molar-refractivity contribution in [3.8, 4) is 0 Å². The molecule has 2 aromatic rings. The lowest BCUT2D eigenvalue weighted by atomic mass is 9.82. The van der Waals surface area contributed by atoms with Gasteiger partial charge in [-0.1, -0.05) is 24.3 Å². The molecule has 3 rings (SSSR count). The van der Waals surface area contributed by atoms with Crippen molar-refractivity contribution < 1.29 is 38.0 Å². The third-order valence-corrected chi connectivity index (χ3v) is 7.05. The summed E-state index contributed by atoms with van der Waals surface area (Å²) in [5, 5.41) is 13.4. The summed E-state index contributed by atoms with van der Waals surface area (Å²) in [7, 11) is 0. The Hall–Kier alpha value is -2.94. The fourth-order valence-corrected chi connectivity index (χ4v) is 4.80. The Morgan fingerprint density at radius 2 is 0.826 bits per heavy atom. The Morgan fingerprint density at radius 1 is 0.457 bits per heavy atom. The van der Waals surface area contributed by atoms with Crippen molar-refractivity contribution in [1.82, 2.24) is 10.6 Å². The number of ether oxygens (including phenoxy) is 6. The normalized spacial score (nSPS) is 12.3. The summed E-state index contributed by atoms with van der Waals surface area (Å²) in [5.41, 5.74) is 2.97. The molecule has 0 aliphatic heterocycles. The first kappa shape index (κ1) is 37.5. The molecule has 46 heavy (non-hydrogen) atoms. The van der Waals surface area contributed by atoms with Crippen molar-refractivity contribution >= 4 is 22.9 Å². The summed E-state index contributed by atoms with van der Waals surface area (Å²) in [5.74, 6) is -0.309. The van der Waals surface area contributed by atoms with Crippen LogP contribution in [0.25, 0.3) is 0 Å². The van der Waals surface area contributed by atoms with E-state index >= 15 is 0 Å². The highest BCUT2D eigenvalue weighted by atomic mass is 16.5. The molecule has 256 valence electrons. The van der Waals surface area contributed by atoms with Crippen LogP contribution in [0.2, 0.25) is 0 Å². The molecular formula is C34H52N4O8. The number of benzene rings is 2. The highest BCUT2D eigenvalue weighted by Crippen LogP contribution is 2.36. The van der Waals surface area contributed by atoms with Crippen LogP contribution in [0.3, 0.4) is 0 Å². The van der Waals surface area contributed by atoms with Crippen LogP contribution < -0.4 is 21.3 Å². The van der Waals surface area contributed by atoms with E-state index in [-0.39, 0.29) is 11.6 Å². The predicted molar refractivity (Wildman–Crippen MR) is 179 cm³/mol. The van der Waals surface area contributed by atoms with Crippen LogP contribution in [0.4, 0.5) is 11.4 Å². The van der Waals surface area contributed by atoms with Gasteiger partial charge < -0.3 is 49.7 Å². The molecule has 4 N–H and O–H groups in total. The number of hydrogen-bond acceptors (Lipinski definition) is 12. The van der Waals surface area contributed by atoms with Crippen LogP contribution >= 0.6 is 0 Å². The molecule has 0 saturated heterocycles. The Bertz CT molecular complexity index is 1080. The molecule has 0 heterocycles. The Balaban J connectivity index is 1.42. The molecule has 0 atom stereocenters. The van der Waals surface area contributed by atoms with Gasteiger partial charge in [-0.05, 0) is 26.0 Å². The molecule has 2 aromatic carbocycles. The summed E-state index contributed by atoms with van der Waals surface area (Å²) in [4.78, 5) is 27.3. The van der Waals surface area contributed by atoms with Crippen LogP contribution in [0.5, 0.6) is 0 Å². The summed E-state index contributed by atoms with van der Waals surface area (Å²) >= 11 is 0. The van der Waals surface area contributed by atoms with Gasteiger partial charge in [0.2, 0.25) is 0 Å². The van der Waals surface area contributed by atoms with E-state index in [0.29, 0.717) is 152 Å². The van der Waals surface area contributed by atoms with E-state index in [2.05, 4.69) is 21.3 Å². The molecule has 12 heteroatoms. The molecule has 0 bridgehead atoms. The van der Waals surface area contributed by atoms with E-state index in [9.17, 15) is 9.59 Å². The fourth-order valence-electron chi connectivity index (χ4n) is 4.80. The molecule has 0 radical (unpaired) electrons. The zero-order valence-electron chi connectivity index (χ0n) is 27.5. The number of fused-ring (bicyclic) bond motifs is 2. The minimum atomic E-state index is -0.154. The van der Waals surface area contributed by atoms with Gasteiger partial charge in [0.05, 0.1) is 77.2 Å². The molecule has 0 amide bonds. The van der Waals surface area contributed by atoms with Crippen molar-refractivity contribution in [1.29, 1.82) is 0 Å². The van der Waals surface area contributed by atoms with Crippen LogP contribution in [0.1, 0.15) is 45.7 Å². The second-order valence-electron chi connectivity index (χ2n) is 10.3. The first-order valence-corrected chi connectivity index (χ1v) is 16.4. The highest BCUT2D eigenvalue weighted by Gasteiger charge is 2.33. The number of nitrogens with one attached hydrogen (secondary N) is 4. The van der Waals surface area contributed by atoms with Crippen molar-refractivity contribution in [3.63, 3.8) is 0 Å². The number of carbonyl (C=O) groups excluding carboxylic acids is 2. The maximum atomic E-state index is 13.6. The first-order valence-electron chi connectivity index (χ1n) is 16.4. The average Bonchev–Trinajstić information content (AvgIpc) is 3.08. The van der Waals surface area contributed by atoms with E-state index in [0.717, 1.165) is 0 Å². The summed E-state index contributed by atoms with van der Waals surface area (Å²) in [6, 6.07) is 10.7. The lowest BCUT2D eigenvalue weighted by Gasteiger charge is -2.24. The monoisotopic (exact) mass is 644 g/mol. The summed E-state index contributed by atoms with van der Waals surface area (Å²) < 4.78 is 32.5. The van der Waals surface area contributed by atoms with Crippen LogP contribution in [0.15, 0.2) is 36.4 Å². The van der Waals surface area contributed by atoms with Crippen LogP contribution in [-0.2, 0) is 28.4 Å². The maximum absolute atomic E-state index is 13.6. The van der Waals surface area contributed by atoms with Gasteiger partial charge in [-0.15, -0.1) is 0 Å². The molecule has 0 fully saturated rings. The van der Waals surface area contributed by atoms with E-state index in [1.165, 1.54) is 0 Å². The topological polar surface area (TPSA) is 138 Å². The van der Waals surface area contributed by atoms with Crippen molar-refractivity contribution in [2.75, 3.05) is 129 Å². The largest absolute Gasteiger partial charge is 0.383 e. The van der Waals surface area contributed by atoms with Crippen molar-refractivity contribution in [3.05, 3.63) is 58.7 Å². The van der Waals surface area contributed by atoms with E-state index < -0.39 is 0 Å². The van der Waals surface area contributed by atoms with Gasteiger partial charge in [-0.3, -0.25) is 9.59 Å². The van der Waals surface area contributed by atoms with Gasteiger partial charge in [0.25, 0.3) is 0 Å². The standard InChI is InChI=1S/C34H52N4O8/c1-3-41-19-21-45-25-23-43-17-15-35-11-13-37-29-9-10-30(32-31(29)33(39)27-7-5-6-8-28(27)34(32)40)38-14-12-36-16-18-44-24-26-46-22-20-42-4-2/h5-10,35-38H,3-4,11-26H2,1-2H3. The first-order chi connectivity index (χ1) is 22.7. The smallest absolute Gasteiger partial charge is 0.196 e. The third-order valence-electron chi connectivity index (χ3n) is 7.05. The number of hydrogen-bond donors (Lipinski definition) is 4. The molecule has 0 spiro atoms. The predicted octanol–water partition coefficient (Wildman–Crippen LogP) is 2.60. The van der Waals surface area contributed by atoms with Gasteiger partial charge in [-0.2, -0.15) is 0 Å². The molecule has 1 aliphatic rings. The molecule has 1 aliphatic carbocycles. The maximum Gasteiger partial charge on any atom is 0.196 e. The number of anilines is 2. The number of ketones is 2. The zero-order valence-corrected chi connectivity index (χ0v) is 27.5. The second-order valence-corrected chi connectivity index (χ2v) is 10.3. The Morgan fingerprint density at radius 3 is 1.22 bits per heavy atom. The van der Waals surface area contributed by atoms with E-state index in [1.807, 2.05) is 26.0 Å². The summed E-state index contributed by atoms with van der Waals surface area (Å²) in [6.07, 6.45) is 0. The molecule has 0 saturated carbocycles. The van der Waals surface area contributed by atoms with Gasteiger partial charge in [-0.25, -0.2) is 0 Å². The summed E-state index contributed by atoms with van der Waals surface area (Å²) in [6.45, 7) is 14.8. The Kier molecular flexibility index (Phi) is 19.1. The van der Waals surface area contributed by atoms with Crippen molar-refractivity contribution in [2.45, 2.75) is 13.8 Å². The minimum absolute atomic E-state index is 0.154. The van der Waals surface area contributed by atoms with Gasteiger partial charge in [0, 0.05) is 75.0 Å². The van der Waals surface area contributed by atoms with E-state index in [1.54, 1.807) is 24.3 Å². The Labute approximate surface area is 273 Å². The van der Waals surface area contributed by atoms with Gasteiger partial charge >= 0.3 is 0 Å². The lowest BCUT2D eigenvalue weighted by molar-refractivity contribution is 0.0176. The van der Waals surface area contributed by atoms with Gasteiger partial charge in [0.1, 0.15) is 0 Å². The third kappa shape index (κ3) is 13.0. The zero-order chi connectivity index (χ0) is 32.7. The molecule has 0 unspecified atom stereocenters. The number of rotatable bonds is 28. The highest BCUT2D eigenvalue weighted by molar-refractivity contribution is 6.31. The fraction of sp³-hybridized carbons (Fsp3) is 0.588. The SMILES string of the molecule is CCOCCOCCOCCNCCNc1ccc(NCCNCCOCCOCCOCC)c2c1C(=O)c1ccccc1C2=O. The second kappa shape index (κ2) is 23.4. The van der Waals surface area contributed by atoms with Crippen LogP contribution in [0, 0.1) is 0 Å². The quantitative estimate of drug-likeness (QED) is 0.0865. The lowest BCUT2D eigenvalue weighted by Crippen LogP contribution is -2.29. The van der Waals surface area contributed by atoms with Crippen molar-refractivity contribution in [2.24, 2.45) is 0 Å². The van der Waals surface area contributed by atoms with E-state index in [4.69, 9.17) is 28.4 Å². The minimum Gasteiger partial charge on any atom is -0.383 e. The molecule has 0 aromatic heterocycles. The van der Waals surface area contributed by atoms with Gasteiger partial charge in [0.15, 0.2) is 11.6 Å². The molecular weight excluding hydrogens is 592 g/mol. The average molecular weight is 645 g/mol. The van der Waals surface area contributed by atoms with Crippen LogP contribution in [-0.4, -0.2) is 130 Å². The molecule has 12 nitrogen and oxygen atoms in total.